The van der Waals surface area contributed by atoms with Crippen LogP contribution >= 0.6 is 46.7 Å². The third kappa shape index (κ3) is 3.59. The van der Waals surface area contributed by atoms with Crippen molar-refractivity contribution in [1.82, 2.24) is 4.90 Å². The molecule has 4 rings (SSSR count). The molecule has 0 aromatic heterocycles. The van der Waals surface area contributed by atoms with Crippen LogP contribution in [0.5, 0.6) is 0 Å². The molecule has 25 heavy (non-hydrogen) atoms. The Hall–Kier alpha value is -0.320. The first-order chi connectivity index (χ1) is 12.1. The smallest absolute Gasteiger partial charge is 0.0766 e. The molecule has 0 N–H and O–H groups in total. The molecule has 1 unspecified atom stereocenters. The fourth-order valence-corrected chi connectivity index (χ4v) is 7.77. The van der Waals surface area contributed by atoms with Crippen molar-refractivity contribution >= 4 is 46.7 Å². The molecule has 1 spiro atoms. The van der Waals surface area contributed by atoms with Crippen molar-refractivity contribution in [2.75, 3.05) is 20.1 Å². The Bertz CT molecular complexity index is 772. The van der Waals surface area contributed by atoms with Crippen molar-refractivity contribution in [2.24, 2.45) is 0 Å². The Balaban J connectivity index is 1.55. The van der Waals surface area contributed by atoms with Gasteiger partial charge in [0, 0.05) is 20.5 Å². The van der Waals surface area contributed by atoms with Crippen molar-refractivity contribution in [3.63, 3.8) is 0 Å². The van der Waals surface area contributed by atoms with Crippen LogP contribution in [0.1, 0.15) is 34.1 Å². The van der Waals surface area contributed by atoms with Gasteiger partial charge in [-0.25, -0.2) is 0 Å². The van der Waals surface area contributed by atoms with E-state index in [1.165, 1.54) is 37.1 Å². The fourth-order valence-electron chi connectivity index (χ4n) is 3.74. The summed E-state index contributed by atoms with van der Waals surface area (Å²) in [6.07, 6.45) is 2.48. The summed E-state index contributed by atoms with van der Waals surface area (Å²) in [4.78, 5) is 2.45. The summed E-state index contributed by atoms with van der Waals surface area (Å²) < 4.78 is 0.774. The van der Waals surface area contributed by atoms with Crippen LogP contribution in [-0.4, -0.2) is 25.0 Å². The second kappa shape index (κ2) is 7.36. The third-order valence-electron chi connectivity index (χ3n) is 5.24. The zero-order chi connectivity index (χ0) is 17.4. The van der Waals surface area contributed by atoms with E-state index in [1.54, 1.807) is 5.56 Å². The molecule has 0 amide bonds. The van der Waals surface area contributed by atoms with Crippen LogP contribution < -0.4 is 0 Å². The van der Waals surface area contributed by atoms with Gasteiger partial charge in [0.15, 0.2) is 0 Å². The van der Waals surface area contributed by atoms with Crippen LogP contribution in [0.2, 0.25) is 10.0 Å². The zero-order valence-corrected chi connectivity index (χ0v) is 17.3. The van der Waals surface area contributed by atoms with Gasteiger partial charge in [0.25, 0.3) is 0 Å². The molecule has 5 heteroatoms. The Labute approximate surface area is 168 Å². The normalized spacial score (nSPS) is 22.3. The van der Waals surface area contributed by atoms with Crippen molar-refractivity contribution in [3.05, 3.63) is 69.2 Å². The van der Waals surface area contributed by atoms with E-state index in [1.807, 2.05) is 23.9 Å². The maximum atomic E-state index is 6.36. The van der Waals surface area contributed by atoms with Crippen LogP contribution in [0.25, 0.3) is 0 Å². The minimum Gasteiger partial charge on any atom is -0.306 e. The minimum absolute atomic E-state index is 0.296. The lowest BCUT2D eigenvalue weighted by molar-refractivity contribution is 0.241. The van der Waals surface area contributed by atoms with Crippen LogP contribution in [0.4, 0.5) is 0 Å². The second-order valence-electron chi connectivity index (χ2n) is 6.88. The molecule has 0 bridgehead atoms. The topological polar surface area (TPSA) is 3.24 Å². The highest BCUT2D eigenvalue weighted by Gasteiger charge is 2.45. The Morgan fingerprint density at radius 3 is 2.68 bits per heavy atom. The number of benzene rings is 2. The fraction of sp³-hybridized carbons (Fsp3) is 0.400. The predicted molar refractivity (Wildman–Crippen MR) is 113 cm³/mol. The molecular weight excluding hydrogens is 389 g/mol. The van der Waals surface area contributed by atoms with Crippen LogP contribution in [0.3, 0.4) is 0 Å². The highest BCUT2D eigenvalue weighted by molar-refractivity contribution is 8.16. The standard InChI is InChI=1S/C20H21Cl2NS2/c1-23-10-8-20(9-11-23)17-5-3-2-4-16(17)19(25-20)24-13-14-6-7-15(21)12-18(14)22/h2-7,12,19H,8-11,13H2,1H3. The van der Waals surface area contributed by atoms with E-state index >= 15 is 0 Å². The number of thioether (sulfide) groups is 2. The number of rotatable bonds is 3. The van der Waals surface area contributed by atoms with E-state index in [2.05, 4.69) is 54.0 Å². The Morgan fingerprint density at radius 2 is 1.92 bits per heavy atom. The van der Waals surface area contributed by atoms with Crippen molar-refractivity contribution in [1.29, 1.82) is 0 Å². The van der Waals surface area contributed by atoms with Gasteiger partial charge < -0.3 is 4.90 Å². The molecule has 1 fully saturated rings. The van der Waals surface area contributed by atoms with Gasteiger partial charge in [-0.1, -0.05) is 53.5 Å². The molecule has 1 nitrogen and oxygen atoms in total. The molecule has 2 aliphatic rings. The lowest BCUT2D eigenvalue weighted by Gasteiger charge is -2.38. The molecule has 0 saturated carbocycles. The first-order valence-electron chi connectivity index (χ1n) is 8.59. The lowest BCUT2D eigenvalue weighted by atomic mass is 9.86. The van der Waals surface area contributed by atoms with Gasteiger partial charge in [-0.15, -0.1) is 23.5 Å². The highest BCUT2D eigenvalue weighted by Crippen LogP contribution is 2.63. The molecule has 0 aliphatic carbocycles. The second-order valence-corrected chi connectivity index (χ2v) is 10.6. The Kier molecular flexibility index (Phi) is 5.32. The lowest BCUT2D eigenvalue weighted by Crippen LogP contribution is -2.37. The quantitative estimate of drug-likeness (QED) is 0.562. The summed E-state index contributed by atoms with van der Waals surface area (Å²) in [6.45, 7) is 2.36. The number of hydrogen-bond donors (Lipinski definition) is 0. The van der Waals surface area contributed by atoms with Crippen LogP contribution in [0.15, 0.2) is 42.5 Å². The summed E-state index contributed by atoms with van der Waals surface area (Å²) >= 11 is 16.5. The zero-order valence-electron chi connectivity index (χ0n) is 14.2. The molecule has 0 radical (unpaired) electrons. The van der Waals surface area contributed by atoms with E-state index in [-0.39, 0.29) is 0 Å². The van der Waals surface area contributed by atoms with Gasteiger partial charge in [-0.2, -0.15) is 0 Å². The molecule has 2 heterocycles. The minimum atomic E-state index is 0.296. The molecular formula is C20H21Cl2NS2. The average molecular weight is 410 g/mol. The highest BCUT2D eigenvalue weighted by atomic mass is 35.5. The maximum absolute atomic E-state index is 6.36. The third-order valence-corrected chi connectivity index (χ3v) is 9.10. The van der Waals surface area contributed by atoms with Gasteiger partial charge >= 0.3 is 0 Å². The molecule has 132 valence electrons. The van der Waals surface area contributed by atoms with E-state index in [4.69, 9.17) is 23.2 Å². The summed E-state index contributed by atoms with van der Waals surface area (Å²) in [6, 6.07) is 14.9. The van der Waals surface area contributed by atoms with Crippen molar-refractivity contribution in [2.45, 2.75) is 27.9 Å². The Morgan fingerprint density at radius 1 is 1.16 bits per heavy atom. The number of piperidine rings is 1. The average Bonchev–Trinajstić information content (AvgIpc) is 2.91. The first-order valence-corrected chi connectivity index (χ1v) is 11.3. The molecule has 1 atom stereocenters. The summed E-state index contributed by atoms with van der Waals surface area (Å²) in [7, 11) is 2.23. The van der Waals surface area contributed by atoms with E-state index in [0.29, 0.717) is 14.4 Å². The van der Waals surface area contributed by atoms with Crippen LogP contribution in [0, 0.1) is 0 Å². The number of likely N-dealkylation sites (tertiary alicyclic amines) is 1. The summed E-state index contributed by atoms with van der Waals surface area (Å²) in [5.41, 5.74) is 4.23. The van der Waals surface area contributed by atoms with Gasteiger partial charge in [0.05, 0.1) is 4.58 Å². The molecule has 1 saturated heterocycles. The largest absolute Gasteiger partial charge is 0.306 e. The van der Waals surface area contributed by atoms with Crippen molar-refractivity contribution in [3.8, 4) is 0 Å². The predicted octanol–water partition coefficient (Wildman–Crippen LogP) is 6.59. The molecule has 2 aromatic carbocycles. The SMILES string of the molecule is CN1CCC2(CC1)SC(SCc1ccc(Cl)cc1Cl)c1ccccc12. The number of hydrogen-bond acceptors (Lipinski definition) is 3. The van der Waals surface area contributed by atoms with E-state index in [0.717, 1.165) is 10.8 Å². The summed E-state index contributed by atoms with van der Waals surface area (Å²) in [5, 5.41) is 1.47. The van der Waals surface area contributed by atoms with Crippen LogP contribution in [-0.2, 0) is 10.5 Å². The van der Waals surface area contributed by atoms with Gasteiger partial charge in [0.1, 0.15) is 0 Å². The maximum Gasteiger partial charge on any atom is 0.0766 e. The molecule has 2 aliphatic heterocycles. The van der Waals surface area contributed by atoms with Crippen molar-refractivity contribution < 1.29 is 0 Å². The number of halogens is 2. The monoisotopic (exact) mass is 409 g/mol. The molecule has 2 aromatic rings. The van der Waals surface area contributed by atoms with Gasteiger partial charge in [-0.05, 0) is 61.8 Å². The van der Waals surface area contributed by atoms with E-state index < -0.39 is 0 Å². The van der Waals surface area contributed by atoms with Gasteiger partial charge in [0.2, 0.25) is 0 Å². The number of fused-ring (bicyclic) bond motifs is 2. The summed E-state index contributed by atoms with van der Waals surface area (Å²) in [5.74, 6) is 0.915. The van der Waals surface area contributed by atoms with E-state index in [9.17, 15) is 0 Å². The first kappa shape index (κ1) is 18.1. The van der Waals surface area contributed by atoms with Gasteiger partial charge in [-0.3, -0.25) is 0 Å². The number of nitrogens with zero attached hydrogens (tertiary/aromatic N) is 1.